The van der Waals surface area contributed by atoms with Crippen LogP contribution in [0.1, 0.15) is 89.5 Å². The van der Waals surface area contributed by atoms with Crippen molar-refractivity contribution in [3.63, 3.8) is 0 Å². The van der Waals surface area contributed by atoms with Gasteiger partial charge in [0.25, 0.3) is 0 Å². The van der Waals surface area contributed by atoms with E-state index in [1.54, 1.807) is 13.8 Å². The lowest BCUT2D eigenvalue weighted by atomic mass is 9.72. The average molecular weight is 723 g/mol. The van der Waals surface area contributed by atoms with E-state index in [4.69, 9.17) is 33.2 Å². The first-order valence-electron chi connectivity index (χ1n) is 16.5. The van der Waals surface area contributed by atoms with Crippen LogP contribution in [0.4, 0.5) is 0 Å². The van der Waals surface area contributed by atoms with Crippen molar-refractivity contribution in [2.24, 2.45) is 23.2 Å². The van der Waals surface area contributed by atoms with Crippen molar-refractivity contribution in [3.8, 4) is 0 Å². The van der Waals surface area contributed by atoms with Crippen LogP contribution >= 0.6 is 0 Å². The maximum atomic E-state index is 14.9. The van der Waals surface area contributed by atoms with Crippen molar-refractivity contribution in [2.75, 3.05) is 0 Å². The van der Waals surface area contributed by atoms with Crippen LogP contribution in [0.25, 0.3) is 0 Å². The lowest BCUT2D eigenvalue weighted by molar-refractivity contribution is -0.196. The van der Waals surface area contributed by atoms with Crippen molar-refractivity contribution in [1.82, 2.24) is 0 Å². The number of rotatable bonds is 8. The van der Waals surface area contributed by atoms with Crippen LogP contribution in [0.2, 0.25) is 0 Å². The molecule has 2 rings (SSSR count). The Morgan fingerprint density at radius 2 is 1.20 bits per heavy atom. The average Bonchev–Trinajstić information content (AvgIpc) is 3.19. The topological polar surface area (TPSA) is 201 Å². The predicted octanol–water partition coefficient (Wildman–Crippen LogP) is 3.28. The number of hydrogen-bond donors (Lipinski definition) is 0. The van der Waals surface area contributed by atoms with E-state index in [1.807, 2.05) is 0 Å². The number of ether oxygens (including phenoxy) is 7. The minimum Gasteiger partial charge on any atom is -0.458 e. The molecule has 0 aromatic heterocycles. The molecule has 1 saturated carbocycles. The minimum atomic E-state index is -2.36. The summed E-state index contributed by atoms with van der Waals surface area (Å²) in [5.41, 5.74) is -5.87. The fraction of sp³-hybridized carbons (Fsp3) is 0.667. The van der Waals surface area contributed by atoms with Crippen molar-refractivity contribution in [1.29, 1.82) is 0 Å². The third kappa shape index (κ3) is 9.82. The van der Waals surface area contributed by atoms with Gasteiger partial charge in [-0.2, -0.15) is 0 Å². The maximum Gasteiger partial charge on any atom is 0.309 e. The Morgan fingerprint density at radius 1 is 0.706 bits per heavy atom. The molecule has 0 aromatic rings. The van der Waals surface area contributed by atoms with Gasteiger partial charge in [0.2, 0.25) is 0 Å². The minimum absolute atomic E-state index is 0.339. The van der Waals surface area contributed by atoms with Crippen LogP contribution in [-0.2, 0) is 71.5 Å². The first-order chi connectivity index (χ1) is 23.3. The summed E-state index contributed by atoms with van der Waals surface area (Å²) in [6.45, 7) is 19.6. The van der Waals surface area contributed by atoms with E-state index in [2.05, 4.69) is 6.58 Å². The fourth-order valence-corrected chi connectivity index (χ4v) is 6.82. The van der Waals surface area contributed by atoms with Gasteiger partial charge < -0.3 is 33.2 Å². The molecule has 0 heterocycles. The van der Waals surface area contributed by atoms with Gasteiger partial charge in [-0.05, 0) is 6.92 Å². The number of allylic oxidation sites excluding steroid dienone is 1. The molecule has 0 N–H and O–H groups in total. The molecule has 2 aliphatic rings. The van der Waals surface area contributed by atoms with Crippen LogP contribution in [0, 0.1) is 23.2 Å². The number of carbonyl (C=O) groups excluding carboxylic acids is 8. The second-order valence-electron chi connectivity index (χ2n) is 14.2. The first kappa shape index (κ1) is 42.6. The molecule has 15 heteroatoms. The largest absolute Gasteiger partial charge is 0.458 e. The summed E-state index contributed by atoms with van der Waals surface area (Å²) < 4.78 is 40.7. The lowest BCUT2D eigenvalue weighted by Gasteiger charge is -2.44. The molecule has 2 aliphatic carbocycles. The van der Waals surface area contributed by atoms with Gasteiger partial charge in [-0.1, -0.05) is 53.3 Å². The highest BCUT2D eigenvalue weighted by atomic mass is 16.6. The number of carbonyl (C=O) groups is 8. The molecular formula is C36H50O15. The number of hydrogen-bond acceptors (Lipinski definition) is 15. The molecule has 0 saturated heterocycles. The van der Waals surface area contributed by atoms with Gasteiger partial charge in [0.15, 0.2) is 41.4 Å². The third-order valence-corrected chi connectivity index (χ3v) is 8.71. The zero-order valence-electron chi connectivity index (χ0n) is 31.3. The van der Waals surface area contributed by atoms with Crippen molar-refractivity contribution in [2.45, 2.75) is 131 Å². The number of Topliss-reactive ketones (excluding diaryl/α,β-unsaturated/α-hetero) is 1. The van der Waals surface area contributed by atoms with Crippen LogP contribution in [0.5, 0.6) is 0 Å². The first-order valence-corrected chi connectivity index (χ1v) is 16.5. The van der Waals surface area contributed by atoms with Gasteiger partial charge in [0.1, 0.15) is 6.10 Å². The van der Waals surface area contributed by atoms with Gasteiger partial charge >= 0.3 is 41.8 Å². The van der Waals surface area contributed by atoms with Crippen molar-refractivity contribution >= 4 is 47.6 Å². The van der Waals surface area contributed by atoms with Gasteiger partial charge in [0.05, 0.1) is 11.8 Å². The van der Waals surface area contributed by atoms with E-state index < -0.39 is 119 Å². The fourth-order valence-electron chi connectivity index (χ4n) is 6.82. The standard InChI is InChI=1S/C36H50O15/c1-17(2)33(44)49-28-19(4)27(45-20(5)37)26-31(47-22(7)39)35(13,50-24(9)41)16-36(26,51-25(10)42)30(43)18(3)14-15-34(11,12)32(48-23(8)40)29(28)46-21(6)38/h14-15,17-18,26-29,31-32H,4,16H2,1-3,5-13H3/b15-14+/t18-,26+,27+,28+,29-,31-,32-,35-,36-/m0/s1. The summed E-state index contributed by atoms with van der Waals surface area (Å²) in [7, 11) is 0. The van der Waals surface area contributed by atoms with E-state index in [0.29, 0.717) is 0 Å². The Bertz CT molecular complexity index is 1470. The van der Waals surface area contributed by atoms with Crippen molar-refractivity contribution in [3.05, 3.63) is 24.3 Å². The van der Waals surface area contributed by atoms with Crippen molar-refractivity contribution < 1.29 is 71.5 Å². The molecule has 0 aromatic carbocycles. The molecule has 15 nitrogen and oxygen atoms in total. The Labute approximate surface area is 297 Å². The molecule has 51 heavy (non-hydrogen) atoms. The van der Waals surface area contributed by atoms with Gasteiger partial charge in [-0.3, -0.25) is 38.4 Å². The molecule has 0 amide bonds. The van der Waals surface area contributed by atoms with Crippen LogP contribution in [0.15, 0.2) is 24.3 Å². The SMILES string of the molecule is C=C1[C@@H](OC(=O)C(C)C)[C@H](OC(C)=O)[C@H](OC(C)=O)C(C)(C)/C=C/[C@H](C)C(=O)[C@]2(OC(C)=O)C[C@](C)(OC(C)=O)[C@@H](OC(C)=O)[C@H]2[C@@H]1OC(C)=O. The molecule has 1 fully saturated rings. The highest BCUT2D eigenvalue weighted by molar-refractivity contribution is 5.94. The van der Waals surface area contributed by atoms with Crippen LogP contribution in [0.3, 0.4) is 0 Å². The second-order valence-corrected chi connectivity index (χ2v) is 14.2. The van der Waals surface area contributed by atoms with Crippen LogP contribution < -0.4 is 0 Å². The molecule has 0 spiro atoms. The molecule has 0 unspecified atom stereocenters. The third-order valence-electron chi connectivity index (χ3n) is 8.71. The summed E-state index contributed by atoms with van der Waals surface area (Å²) in [6, 6.07) is 0. The number of esters is 7. The Hall–Kier alpha value is -4.56. The summed E-state index contributed by atoms with van der Waals surface area (Å²) in [5.74, 6) is -10.6. The van der Waals surface area contributed by atoms with Crippen LogP contribution in [-0.4, -0.2) is 89.3 Å². The number of ketones is 1. The maximum absolute atomic E-state index is 14.9. The monoisotopic (exact) mass is 722 g/mol. The smallest absolute Gasteiger partial charge is 0.309 e. The summed E-state index contributed by atoms with van der Waals surface area (Å²) in [6.07, 6.45) is -6.01. The molecule has 0 aliphatic heterocycles. The summed E-state index contributed by atoms with van der Waals surface area (Å²) in [5, 5.41) is 0. The molecule has 0 bridgehead atoms. The Kier molecular flexibility index (Phi) is 13.5. The molecular weight excluding hydrogens is 672 g/mol. The molecule has 0 radical (unpaired) electrons. The van der Waals surface area contributed by atoms with E-state index in [1.165, 1.54) is 39.8 Å². The zero-order valence-corrected chi connectivity index (χ0v) is 31.3. The van der Waals surface area contributed by atoms with Gasteiger partial charge in [-0.15, -0.1) is 0 Å². The molecule has 9 atom stereocenters. The van der Waals surface area contributed by atoms with Gasteiger partial charge in [0, 0.05) is 64.9 Å². The van der Waals surface area contributed by atoms with E-state index >= 15 is 0 Å². The molecule has 284 valence electrons. The van der Waals surface area contributed by atoms with E-state index in [9.17, 15) is 38.4 Å². The summed E-state index contributed by atoms with van der Waals surface area (Å²) >= 11 is 0. The Morgan fingerprint density at radius 3 is 1.65 bits per heavy atom. The second kappa shape index (κ2) is 16.2. The number of fused-ring (bicyclic) bond motifs is 1. The lowest BCUT2D eigenvalue weighted by Crippen LogP contribution is -2.59. The van der Waals surface area contributed by atoms with Gasteiger partial charge in [-0.25, -0.2) is 0 Å². The van der Waals surface area contributed by atoms with E-state index in [-0.39, 0.29) is 5.57 Å². The quantitative estimate of drug-likeness (QED) is 0.201. The Balaban J connectivity index is 3.30. The predicted molar refractivity (Wildman–Crippen MR) is 176 cm³/mol. The highest BCUT2D eigenvalue weighted by Gasteiger charge is 2.72. The zero-order chi connectivity index (χ0) is 39.4. The van der Waals surface area contributed by atoms with E-state index in [0.717, 1.165) is 41.5 Å². The highest BCUT2D eigenvalue weighted by Crippen LogP contribution is 2.54. The summed E-state index contributed by atoms with van der Waals surface area (Å²) in [4.78, 5) is 105. The normalized spacial score (nSPS) is 32.5.